The monoisotopic (exact) mass is 286 g/mol. The molecule has 1 atom stereocenters. The van der Waals surface area contributed by atoms with Gasteiger partial charge in [0.1, 0.15) is 0 Å². The Morgan fingerprint density at radius 1 is 1.38 bits per heavy atom. The van der Waals surface area contributed by atoms with Crippen LogP contribution in [-0.4, -0.2) is 48.8 Å². The molecule has 0 radical (unpaired) electrons. The van der Waals surface area contributed by atoms with E-state index in [1.807, 2.05) is 24.4 Å². The molecule has 3 N–H and O–H groups in total. The first kappa shape index (κ1) is 14.1. The molecule has 1 aromatic carbocycles. The van der Waals surface area contributed by atoms with Crippen molar-refractivity contribution in [1.29, 1.82) is 0 Å². The molecule has 0 spiro atoms. The van der Waals surface area contributed by atoms with Gasteiger partial charge in [-0.1, -0.05) is 6.92 Å². The Bertz CT molecular complexity index is 616. The van der Waals surface area contributed by atoms with Crippen molar-refractivity contribution in [2.24, 2.45) is 0 Å². The van der Waals surface area contributed by atoms with Gasteiger partial charge in [-0.05, 0) is 24.7 Å². The molecule has 112 valence electrons. The minimum atomic E-state index is 0.225. The summed E-state index contributed by atoms with van der Waals surface area (Å²) in [6.07, 6.45) is 3.85. The van der Waals surface area contributed by atoms with E-state index in [9.17, 15) is 0 Å². The Morgan fingerprint density at radius 2 is 2.29 bits per heavy atom. The number of ether oxygens (including phenoxy) is 1. The summed E-state index contributed by atoms with van der Waals surface area (Å²) >= 11 is 0. The molecule has 1 unspecified atom stereocenters. The summed E-state index contributed by atoms with van der Waals surface area (Å²) in [5.74, 6) is 0. The maximum Gasteiger partial charge on any atom is 0.0874 e. The van der Waals surface area contributed by atoms with E-state index in [0.717, 1.165) is 54.9 Å². The van der Waals surface area contributed by atoms with Gasteiger partial charge in [-0.15, -0.1) is 0 Å². The van der Waals surface area contributed by atoms with E-state index in [-0.39, 0.29) is 6.10 Å². The second-order valence-electron chi connectivity index (χ2n) is 5.39. The van der Waals surface area contributed by atoms with Crippen LogP contribution in [0.15, 0.2) is 30.6 Å². The SMILES string of the molecule is CCN1CCOC(CNc2ccc(N)c3ccncc23)C1. The molecule has 1 fully saturated rings. The first-order valence-electron chi connectivity index (χ1n) is 7.48. The zero-order chi connectivity index (χ0) is 14.7. The number of nitrogens with two attached hydrogens (primary N) is 1. The number of nitrogen functional groups attached to an aromatic ring is 1. The summed E-state index contributed by atoms with van der Waals surface area (Å²) < 4.78 is 5.82. The fraction of sp³-hybridized carbons (Fsp3) is 0.438. The minimum absolute atomic E-state index is 0.225. The summed E-state index contributed by atoms with van der Waals surface area (Å²) in [6, 6.07) is 5.90. The van der Waals surface area contributed by atoms with E-state index in [1.165, 1.54) is 0 Å². The van der Waals surface area contributed by atoms with Crippen molar-refractivity contribution in [1.82, 2.24) is 9.88 Å². The minimum Gasteiger partial charge on any atom is -0.398 e. The molecular weight excluding hydrogens is 264 g/mol. The molecule has 1 aromatic heterocycles. The van der Waals surface area contributed by atoms with Crippen molar-refractivity contribution in [3.63, 3.8) is 0 Å². The summed E-state index contributed by atoms with van der Waals surface area (Å²) in [7, 11) is 0. The zero-order valence-corrected chi connectivity index (χ0v) is 12.4. The molecule has 0 aliphatic carbocycles. The molecule has 5 heteroatoms. The number of fused-ring (bicyclic) bond motifs is 1. The van der Waals surface area contributed by atoms with Crippen LogP contribution in [0.1, 0.15) is 6.92 Å². The van der Waals surface area contributed by atoms with Crippen LogP contribution in [-0.2, 0) is 4.74 Å². The van der Waals surface area contributed by atoms with Crippen molar-refractivity contribution in [3.05, 3.63) is 30.6 Å². The van der Waals surface area contributed by atoms with Crippen LogP contribution in [0.5, 0.6) is 0 Å². The summed E-state index contributed by atoms with van der Waals surface area (Å²) in [4.78, 5) is 6.61. The Balaban J connectivity index is 1.72. The average Bonchev–Trinajstić information content (AvgIpc) is 2.55. The molecule has 1 aliphatic heterocycles. The van der Waals surface area contributed by atoms with Gasteiger partial charge in [-0.2, -0.15) is 0 Å². The predicted octanol–water partition coefficient (Wildman–Crippen LogP) is 1.95. The molecule has 0 saturated carbocycles. The number of anilines is 2. The van der Waals surface area contributed by atoms with E-state index in [4.69, 9.17) is 10.5 Å². The lowest BCUT2D eigenvalue weighted by molar-refractivity contribution is -0.0191. The van der Waals surface area contributed by atoms with E-state index in [1.54, 1.807) is 6.20 Å². The standard InChI is InChI=1S/C16H22N4O/c1-2-20-7-8-21-12(11-20)9-19-16-4-3-15(17)13-5-6-18-10-14(13)16/h3-6,10,12,19H,2,7-9,11,17H2,1H3. The Kier molecular flexibility index (Phi) is 4.22. The summed E-state index contributed by atoms with van der Waals surface area (Å²) in [5, 5.41) is 5.57. The zero-order valence-electron chi connectivity index (χ0n) is 12.4. The number of hydrogen-bond acceptors (Lipinski definition) is 5. The number of benzene rings is 1. The first-order chi connectivity index (χ1) is 10.3. The van der Waals surface area contributed by atoms with Crippen LogP contribution in [0.3, 0.4) is 0 Å². The first-order valence-corrected chi connectivity index (χ1v) is 7.48. The number of morpholine rings is 1. The number of nitrogens with one attached hydrogen (secondary N) is 1. The lowest BCUT2D eigenvalue weighted by Crippen LogP contribution is -2.45. The van der Waals surface area contributed by atoms with E-state index >= 15 is 0 Å². The average molecular weight is 286 g/mol. The smallest absolute Gasteiger partial charge is 0.0874 e. The summed E-state index contributed by atoms with van der Waals surface area (Å²) in [5.41, 5.74) is 7.85. The highest BCUT2D eigenvalue weighted by Gasteiger charge is 2.19. The lowest BCUT2D eigenvalue weighted by atomic mass is 10.1. The van der Waals surface area contributed by atoms with Crippen LogP contribution in [0, 0.1) is 0 Å². The van der Waals surface area contributed by atoms with E-state index in [0.29, 0.717) is 0 Å². The molecule has 3 rings (SSSR count). The number of likely N-dealkylation sites (N-methyl/N-ethyl adjacent to an activating group) is 1. The number of rotatable bonds is 4. The van der Waals surface area contributed by atoms with Crippen molar-refractivity contribution < 1.29 is 4.74 Å². The van der Waals surface area contributed by atoms with Gasteiger partial charge in [0.25, 0.3) is 0 Å². The van der Waals surface area contributed by atoms with Gasteiger partial charge in [0.2, 0.25) is 0 Å². The molecule has 21 heavy (non-hydrogen) atoms. The molecule has 1 aliphatic rings. The second kappa shape index (κ2) is 6.28. The molecular formula is C16H22N4O. The maximum absolute atomic E-state index is 6.01. The van der Waals surface area contributed by atoms with Gasteiger partial charge in [-0.3, -0.25) is 9.88 Å². The van der Waals surface area contributed by atoms with Crippen molar-refractivity contribution in [3.8, 4) is 0 Å². The second-order valence-corrected chi connectivity index (χ2v) is 5.39. The normalized spacial score (nSPS) is 19.8. The fourth-order valence-electron chi connectivity index (χ4n) is 2.78. The third-order valence-corrected chi connectivity index (χ3v) is 4.04. The Labute approximate surface area is 125 Å². The summed E-state index contributed by atoms with van der Waals surface area (Å²) in [6.45, 7) is 6.88. The van der Waals surface area contributed by atoms with Gasteiger partial charge in [0.05, 0.1) is 12.7 Å². The highest BCUT2D eigenvalue weighted by Crippen LogP contribution is 2.27. The number of pyridine rings is 1. The van der Waals surface area contributed by atoms with Crippen molar-refractivity contribution >= 4 is 22.1 Å². The molecule has 5 nitrogen and oxygen atoms in total. The van der Waals surface area contributed by atoms with Crippen LogP contribution >= 0.6 is 0 Å². The molecule has 1 saturated heterocycles. The molecule has 2 heterocycles. The Morgan fingerprint density at radius 3 is 3.14 bits per heavy atom. The highest BCUT2D eigenvalue weighted by atomic mass is 16.5. The van der Waals surface area contributed by atoms with Gasteiger partial charge in [0.15, 0.2) is 0 Å². The lowest BCUT2D eigenvalue weighted by Gasteiger charge is -2.32. The molecule has 0 amide bonds. The van der Waals surface area contributed by atoms with Crippen LogP contribution in [0.4, 0.5) is 11.4 Å². The largest absolute Gasteiger partial charge is 0.398 e. The topological polar surface area (TPSA) is 63.4 Å². The molecule has 2 aromatic rings. The van der Waals surface area contributed by atoms with Crippen LogP contribution < -0.4 is 11.1 Å². The highest BCUT2D eigenvalue weighted by molar-refractivity contribution is 6.00. The van der Waals surface area contributed by atoms with Crippen LogP contribution in [0.2, 0.25) is 0 Å². The fourth-order valence-corrected chi connectivity index (χ4v) is 2.78. The quantitative estimate of drug-likeness (QED) is 0.841. The van der Waals surface area contributed by atoms with Gasteiger partial charge < -0.3 is 15.8 Å². The number of hydrogen-bond donors (Lipinski definition) is 2. The number of nitrogens with zero attached hydrogens (tertiary/aromatic N) is 2. The molecule has 0 bridgehead atoms. The van der Waals surface area contributed by atoms with E-state index in [2.05, 4.69) is 22.1 Å². The van der Waals surface area contributed by atoms with E-state index < -0.39 is 0 Å². The van der Waals surface area contributed by atoms with Gasteiger partial charge in [0, 0.05) is 54.2 Å². The third-order valence-electron chi connectivity index (χ3n) is 4.04. The maximum atomic E-state index is 6.01. The van der Waals surface area contributed by atoms with Crippen molar-refractivity contribution in [2.75, 3.05) is 43.8 Å². The predicted molar refractivity (Wildman–Crippen MR) is 86.5 cm³/mol. The Hall–Kier alpha value is -1.85. The van der Waals surface area contributed by atoms with Crippen LogP contribution in [0.25, 0.3) is 10.8 Å². The van der Waals surface area contributed by atoms with Crippen molar-refractivity contribution in [2.45, 2.75) is 13.0 Å². The third kappa shape index (κ3) is 3.09. The van der Waals surface area contributed by atoms with Gasteiger partial charge >= 0.3 is 0 Å². The van der Waals surface area contributed by atoms with Gasteiger partial charge in [-0.25, -0.2) is 0 Å². The number of aromatic nitrogens is 1.